The first-order valence-electron chi connectivity index (χ1n) is 7.27. The van der Waals surface area contributed by atoms with E-state index in [0.717, 1.165) is 25.2 Å². The van der Waals surface area contributed by atoms with Gasteiger partial charge in [0.25, 0.3) is 0 Å². The third-order valence-corrected chi connectivity index (χ3v) is 3.49. The number of aryl methyl sites for hydroxylation is 1. The molecule has 1 aromatic heterocycles. The Morgan fingerprint density at radius 1 is 1.29 bits per heavy atom. The van der Waals surface area contributed by atoms with Crippen LogP contribution >= 0.6 is 12.2 Å². The molecular formula is C16H22N4S. The van der Waals surface area contributed by atoms with E-state index >= 15 is 0 Å². The van der Waals surface area contributed by atoms with Gasteiger partial charge in [0.1, 0.15) is 0 Å². The zero-order chi connectivity index (χ0) is 15.1. The van der Waals surface area contributed by atoms with Crippen LogP contribution in [-0.2, 0) is 6.54 Å². The van der Waals surface area contributed by atoms with Gasteiger partial charge >= 0.3 is 0 Å². The fourth-order valence-electron chi connectivity index (χ4n) is 2.00. The van der Waals surface area contributed by atoms with Gasteiger partial charge in [-0.2, -0.15) is 5.10 Å². The van der Waals surface area contributed by atoms with Crippen LogP contribution in [0.25, 0.3) is 0 Å². The Morgan fingerprint density at radius 3 is 2.67 bits per heavy atom. The highest BCUT2D eigenvalue weighted by atomic mass is 32.1. The second-order valence-corrected chi connectivity index (χ2v) is 5.69. The van der Waals surface area contributed by atoms with Crippen molar-refractivity contribution in [2.75, 3.05) is 11.9 Å². The second-order valence-electron chi connectivity index (χ2n) is 5.28. The summed E-state index contributed by atoms with van der Waals surface area (Å²) in [5.41, 5.74) is 2.35. The SMILES string of the molecule is CC(C)c1ccc(NC(=S)NCCCn2cccn2)cc1. The van der Waals surface area contributed by atoms with Gasteiger partial charge in [-0.3, -0.25) is 4.68 Å². The molecule has 0 radical (unpaired) electrons. The Balaban J connectivity index is 1.69. The van der Waals surface area contributed by atoms with Crippen LogP contribution in [0.4, 0.5) is 5.69 Å². The van der Waals surface area contributed by atoms with E-state index in [4.69, 9.17) is 12.2 Å². The number of nitrogens with one attached hydrogen (secondary N) is 2. The molecule has 0 bridgehead atoms. The summed E-state index contributed by atoms with van der Waals surface area (Å²) in [5, 5.41) is 11.2. The molecule has 0 spiro atoms. The van der Waals surface area contributed by atoms with Crippen molar-refractivity contribution in [3.05, 3.63) is 48.3 Å². The molecule has 4 nitrogen and oxygen atoms in total. The smallest absolute Gasteiger partial charge is 0.170 e. The van der Waals surface area contributed by atoms with Crippen LogP contribution in [0.3, 0.4) is 0 Å². The lowest BCUT2D eigenvalue weighted by molar-refractivity contribution is 0.574. The molecule has 0 atom stereocenters. The Bertz CT molecular complexity index is 546. The third-order valence-electron chi connectivity index (χ3n) is 3.24. The first kappa shape index (κ1) is 15.5. The van der Waals surface area contributed by atoms with Gasteiger partial charge in [0.15, 0.2) is 5.11 Å². The number of benzene rings is 1. The molecular weight excluding hydrogens is 280 g/mol. The third kappa shape index (κ3) is 5.19. The normalized spacial score (nSPS) is 10.6. The van der Waals surface area contributed by atoms with Crippen molar-refractivity contribution >= 4 is 23.0 Å². The number of nitrogens with zero attached hydrogens (tertiary/aromatic N) is 2. The highest BCUT2D eigenvalue weighted by molar-refractivity contribution is 7.80. The largest absolute Gasteiger partial charge is 0.362 e. The molecule has 0 amide bonds. The molecule has 2 rings (SSSR count). The van der Waals surface area contributed by atoms with Crippen molar-refractivity contribution in [2.45, 2.75) is 32.7 Å². The molecule has 0 saturated heterocycles. The Kier molecular flexibility index (Phi) is 5.75. The van der Waals surface area contributed by atoms with Gasteiger partial charge in [-0.1, -0.05) is 26.0 Å². The molecule has 21 heavy (non-hydrogen) atoms. The summed E-state index contributed by atoms with van der Waals surface area (Å²) in [6.07, 6.45) is 4.74. The van der Waals surface area contributed by atoms with Crippen molar-refractivity contribution in [2.24, 2.45) is 0 Å². The fourth-order valence-corrected chi connectivity index (χ4v) is 2.22. The molecule has 0 aliphatic carbocycles. The Labute approximate surface area is 131 Å². The Morgan fingerprint density at radius 2 is 2.05 bits per heavy atom. The second kappa shape index (κ2) is 7.78. The van der Waals surface area contributed by atoms with Crippen molar-refractivity contribution in [1.82, 2.24) is 15.1 Å². The molecule has 112 valence electrons. The quantitative estimate of drug-likeness (QED) is 0.634. The first-order valence-corrected chi connectivity index (χ1v) is 7.68. The molecule has 1 aromatic carbocycles. The highest BCUT2D eigenvalue weighted by Crippen LogP contribution is 2.16. The molecule has 2 aromatic rings. The van der Waals surface area contributed by atoms with Crippen molar-refractivity contribution in [3.8, 4) is 0 Å². The van der Waals surface area contributed by atoms with Crippen LogP contribution in [-0.4, -0.2) is 21.4 Å². The van der Waals surface area contributed by atoms with Crippen LogP contribution in [0, 0.1) is 0 Å². The minimum absolute atomic E-state index is 0.548. The van der Waals surface area contributed by atoms with Gasteiger partial charge in [0.2, 0.25) is 0 Å². The van der Waals surface area contributed by atoms with Crippen molar-refractivity contribution in [3.63, 3.8) is 0 Å². The topological polar surface area (TPSA) is 41.9 Å². The summed E-state index contributed by atoms with van der Waals surface area (Å²) in [6, 6.07) is 10.3. The minimum Gasteiger partial charge on any atom is -0.362 e. The van der Waals surface area contributed by atoms with Crippen LogP contribution in [0.5, 0.6) is 0 Å². The molecule has 0 unspecified atom stereocenters. The molecule has 1 heterocycles. The van der Waals surface area contributed by atoms with E-state index < -0.39 is 0 Å². The van der Waals surface area contributed by atoms with Crippen LogP contribution in [0.1, 0.15) is 31.7 Å². The van der Waals surface area contributed by atoms with E-state index in [9.17, 15) is 0 Å². The lowest BCUT2D eigenvalue weighted by atomic mass is 10.0. The number of hydrogen-bond donors (Lipinski definition) is 2. The monoisotopic (exact) mass is 302 g/mol. The first-order chi connectivity index (χ1) is 10.1. The van der Waals surface area contributed by atoms with Gasteiger partial charge in [0.05, 0.1) is 0 Å². The van der Waals surface area contributed by atoms with Crippen molar-refractivity contribution < 1.29 is 0 Å². The number of hydrogen-bond acceptors (Lipinski definition) is 2. The summed E-state index contributed by atoms with van der Waals surface area (Å²) in [5.74, 6) is 0.548. The summed E-state index contributed by atoms with van der Waals surface area (Å²) < 4.78 is 1.92. The lowest BCUT2D eigenvalue weighted by Crippen LogP contribution is -2.29. The average molecular weight is 302 g/mol. The van der Waals surface area contributed by atoms with Crippen LogP contribution < -0.4 is 10.6 Å². The molecule has 0 fully saturated rings. The van der Waals surface area contributed by atoms with E-state index in [2.05, 4.69) is 53.8 Å². The number of aromatic nitrogens is 2. The van der Waals surface area contributed by atoms with E-state index in [1.165, 1.54) is 5.56 Å². The van der Waals surface area contributed by atoms with E-state index in [1.807, 2.05) is 16.9 Å². The number of anilines is 1. The van der Waals surface area contributed by atoms with Gasteiger partial charge in [-0.25, -0.2) is 0 Å². The van der Waals surface area contributed by atoms with Gasteiger partial charge in [-0.15, -0.1) is 0 Å². The summed E-state index contributed by atoms with van der Waals surface area (Å²) in [6.45, 7) is 6.10. The summed E-state index contributed by atoms with van der Waals surface area (Å²) in [7, 11) is 0. The molecule has 0 aliphatic heterocycles. The van der Waals surface area contributed by atoms with E-state index in [0.29, 0.717) is 11.0 Å². The lowest BCUT2D eigenvalue weighted by Gasteiger charge is -2.12. The predicted molar refractivity (Wildman–Crippen MR) is 91.6 cm³/mol. The molecule has 5 heteroatoms. The van der Waals surface area contributed by atoms with E-state index in [1.54, 1.807) is 6.20 Å². The number of thiocarbonyl (C=S) groups is 1. The van der Waals surface area contributed by atoms with Crippen LogP contribution in [0.15, 0.2) is 42.7 Å². The molecule has 0 saturated carbocycles. The zero-order valence-electron chi connectivity index (χ0n) is 12.5. The maximum atomic E-state index is 5.29. The maximum absolute atomic E-state index is 5.29. The summed E-state index contributed by atoms with van der Waals surface area (Å²) >= 11 is 5.29. The maximum Gasteiger partial charge on any atom is 0.170 e. The number of rotatable bonds is 6. The zero-order valence-corrected chi connectivity index (χ0v) is 13.4. The minimum atomic E-state index is 0.548. The Hall–Kier alpha value is -1.88. The van der Waals surface area contributed by atoms with Crippen molar-refractivity contribution in [1.29, 1.82) is 0 Å². The average Bonchev–Trinajstić information content (AvgIpc) is 2.97. The van der Waals surface area contributed by atoms with Gasteiger partial charge in [0, 0.05) is 31.2 Å². The molecule has 0 aliphatic rings. The predicted octanol–water partition coefficient (Wildman–Crippen LogP) is 3.38. The van der Waals surface area contributed by atoms with Gasteiger partial charge in [-0.05, 0) is 48.3 Å². The fraction of sp³-hybridized carbons (Fsp3) is 0.375. The van der Waals surface area contributed by atoms with Gasteiger partial charge < -0.3 is 10.6 Å². The molecule has 2 N–H and O–H groups in total. The van der Waals surface area contributed by atoms with Crippen LogP contribution in [0.2, 0.25) is 0 Å². The standard InChI is InChI=1S/C16H22N4S/c1-13(2)14-5-7-15(8-6-14)19-16(21)17-9-3-11-20-12-4-10-18-20/h4-8,10,12-13H,3,9,11H2,1-2H3,(H2,17,19,21). The summed E-state index contributed by atoms with van der Waals surface area (Å²) in [4.78, 5) is 0. The van der Waals surface area contributed by atoms with E-state index in [-0.39, 0.29) is 0 Å². The highest BCUT2D eigenvalue weighted by Gasteiger charge is 2.00.